The van der Waals surface area contributed by atoms with Crippen molar-refractivity contribution in [3.05, 3.63) is 0 Å². The fourth-order valence-electron chi connectivity index (χ4n) is 0.737. The Kier molecular flexibility index (Phi) is 7.39. The van der Waals surface area contributed by atoms with E-state index in [1.54, 1.807) is 0 Å². The summed E-state index contributed by atoms with van der Waals surface area (Å²) in [4.78, 5) is 0. The fourth-order valence-corrected chi connectivity index (χ4v) is 0.737. The maximum atomic E-state index is 5.49. The van der Waals surface area contributed by atoms with Crippen molar-refractivity contribution in [3.8, 4) is 0 Å². The minimum Gasteiger partial charge on any atom is -0.377 e. The summed E-state index contributed by atoms with van der Waals surface area (Å²) in [6.45, 7) is 6.17. The van der Waals surface area contributed by atoms with E-state index in [0.29, 0.717) is 26.4 Å². The molecule has 0 aromatic rings. The van der Waals surface area contributed by atoms with Gasteiger partial charge >= 0.3 is 0 Å². The summed E-state index contributed by atoms with van der Waals surface area (Å²) < 4.78 is 10.5. The number of hydrogen-bond acceptors (Lipinski definition) is 4. The van der Waals surface area contributed by atoms with Crippen LogP contribution in [-0.2, 0) is 9.47 Å². The SMILES string of the molecule is CC(N)COCC(C)OCCN. The molecule has 4 nitrogen and oxygen atoms in total. The Morgan fingerprint density at radius 3 is 2.42 bits per heavy atom. The molecule has 0 spiro atoms. The second-order valence-corrected chi connectivity index (χ2v) is 2.98. The standard InChI is InChI=1S/C8H20N2O2/c1-7(10)5-11-6-8(2)12-4-3-9/h7-8H,3-6,9-10H2,1-2H3. The van der Waals surface area contributed by atoms with Gasteiger partial charge in [-0.2, -0.15) is 0 Å². The highest BCUT2D eigenvalue weighted by molar-refractivity contribution is 4.52. The van der Waals surface area contributed by atoms with Crippen molar-refractivity contribution < 1.29 is 9.47 Å². The van der Waals surface area contributed by atoms with Gasteiger partial charge in [-0.3, -0.25) is 0 Å². The zero-order chi connectivity index (χ0) is 9.40. The van der Waals surface area contributed by atoms with Crippen molar-refractivity contribution >= 4 is 0 Å². The van der Waals surface area contributed by atoms with Crippen LogP contribution in [0.4, 0.5) is 0 Å². The van der Waals surface area contributed by atoms with Crippen LogP contribution in [0.1, 0.15) is 13.8 Å². The van der Waals surface area contributed by atoms with Crippen LogP contribution in [0.2, 0.25) is 0 Å². The summed E-state index contributed by atoms with van der Waals surface area (Å²) >= 11 is 0. The highest BCUT2D eigenvalue weighted by Gasteiger charge is 2.01. The van der Waals surface area contributed by atoms with Gasteiger partial charge in [0.2, 0.25) is 0 Å². The van der Waals surface area contributed by atoms with Gasteiger partial charge < -0.3 is 20.9 Å². The number of ether oxygens (including phenoxy) is 2. The zero-order valence-electron chi connectivity index (χ0n) is 7.95. The maximum Gasteiger partial charge on any atom is 0.0781 e. The first-order valence-corrected chi connectivity index (χ1v) is 4.31. The second kappa shape index (κ2) is 7.49. The fraction of sp³-hybridized carbons (Fsp3) is 1.00. The monoisotopic (exact) mass is 176 g/mol. The van der Waals surface area contributed by atoms with Crippen molar-refractivity contribution in [2.45, 2.75) is 26.0 Å². The zero-order valence-corrected chi connectivity index (χ0v) is 7.95. The molecule has 0 saturated carbocycles. The van der Waals surface area contributed by atoms with E-state index in [0.717, 1.165) is 0 Å². The number of hydrogen-bond donors (Lipinski definition) is 2. The van der Waals surface area contributed by atoms with Crippen LogP contribution in [-0.4, -0.2) is 38.5 Å². The summed E-state index contributed by atoms with van der Waals surface area (Å²) in [5.41, 5.74) is 10.8. The predicted molar refractivity (Wildman–Crippen MR) is 48.9 cm³/mol. The van der Waals surface area contributed by atoms with E-state index in [1.165, 1.54) is 0 Å². The van der Waals surface area contributed by atoms with Crippen LogP contribution in [0.5, 0.6) is 0 Å². The molecule has 0 radical (unpaired) electrons. The first-order chi connectivity index (χ1) is 5.66. The number of rotatable bonds is 7. The molecule has 4 heteroatoms. The molecule has 12 heavy (non-hydrogen) atoms. The smallest absolute Gasteiger partial charge is 0.0781 e. The van der Waals surface area contributed by atoms with Gasteiger partial charge in [-0.05, 0) is 13.8 Å². The van der Waals surface area contributed by atoms with E-state index >= 15 is 0 Å². The molecule has 2 atom stereocenters. The van der Waals surface area contributed by atoms with E-state index in [1.807, 2.05) is 13.8 Å². The Hall–Kier alpha value is -0.160. The van der Waals surface area contributed by atoms with Crippen LogP contribution in [0, 0.1) is 0 Å². The molecule has 0 aromatic heterocycles. The molecule has 0 bridgehead atoms. The van der Waals surface area contributed by atoms with Crippen LogP contribution in [0.3, 0.4) is 0 Å². The first-order valence-electron chi connectivity index (χ1n) is 4.31. The molecular weight excluding hydrogens is 156 g/mol. The Morgan fingerprint density at radius 1 is 1.25 bits per heavy atom. The molecule has 0 amide bonds. The second-order valence-electron chi connectivity index (χ2n) is 2.98. The molecule has 0 heterocycles. The Morgan fingerprint density at radius 2 is 1.92 bits per heavy atom. The van der Waals surface area contributed by atoms with E-state index < -0.39 is 0 Å². The lowest BCUT2D eigenvalue weighted by molar-refractivity contribution is -0.00583. The topological polar surface area (TPSA) is 70.5 Å². The number of nitrogens with two attached hydrogens (primary N) is 2. The van der Waals surface area contributed by atoms with E-state index in [-0.39, 0.29) is 12.1 Å². The van der Waals surface area contributed by atoms with Gasteiger partial charge in [-0.1, -0.05) is 0 Å². The summed E-state index contributed by atoms with van der Waals surface area (Å²) in [6, 6.07) is 0.0895. The third-order valence-electron chi connectivity index (χ3n) is 1.25. The third kappa shape index (κ3) is 7.94. The van der Waals surface area contributed by atoms with Crippen molar-refractivity contribution in [3.63, 3.8) is 0 Å². The van der Waals surface area contributed by atoms with Gasteiger partial charge in [0.05, 0.1) is 25.9 Å². The van der Waals surface area contributed by atoms with E-state index in [2.05, 4.69) is 0 Å². The van der Waals surface area contributed by atoms with E-state index in [4.69, 9.17) is 20.9 Å². The largest absolute Gasteiger partial charge is 0.377 e. The minimum absolute atomic E-state index is 0.0895. The van der Waals surface area contributed by atoms with Crippen molar-refractivity contribution in [1.29, 1.82) is 0 Å². The molecule has 0 rings (SSSR count). The quantitative estimate of drug-likeness (QED) is 0.559. The average Bonchev–Trinajstić information content (AvgIpc) is 2.00. The van der Waals surface area contributed by atoms with Gasteiger partial charge in [-0.15, -0.1) is 0 Å². The van der Waals surface area contributed by atoms with Gasteiger partial charge in [0.15, 0.2) is 0 Å². The summed E-state index contributed by atoms with van der Waals surface area (Å²) in [7, 11) is 0. The van der Waals surface area contributed by atoms with Crippen molar-refractivity contribution in [2.24, 2.45) is 11.5 Å². The lowest BCUT2D eigenvalue weighted by Gasteiger charge is -2.13. The van der Waals surface area contributed by atoms with Gasteiger partial charge in [0.25, 0.3) is 0 Å². The maximum absolute atomic E-state index is 5.49. The molecule has 4 N–H and O–H groups in total. The predicted octanol–water partition coefficient (Wildman–Crippen LogP) is -0.286. The minimum atomic E-state index is 0.0895. The lowest BCUT2D eigenvalue weighted by Crippen LogP contribution is -2.26. The van der Waals surface area contributed by atoms with E-state index in [9.17, 15) is 0 Å². The molecule has 0 aliphatic heterocycles. The third-order valence-corrected chi connectivity index (χ3v) is 1.25. The van der Waals surface area contributed by atoms with Crippen LogP contribution in [0.15, 0.2) is 0 Å². The molecule has 2 unspecified atom stereocenters. The van der Waals surface area contributed by atoms with Gasteiger partial charge in [0, 0.05) is 12.6 Å². The first kappa shape index (κ1) is 11.8. The molecule has 0 aromatic carbocycles. The van der Waals surface area contributed by atoms with Crippen LogP contribution >= 0.6 is 0 Å². The van der Waals surface area contributed by atoms with Crippen LogP contribution in [0.25, 0.3) is 0 Å². The molecule has 0 aliphatic rings. The Bertz CT molecular complexity index is 99.1. The summed E-state index contributed by atoms with van der Waals surface area (Å²) in [5, 5.41) is 0. The molecule has 0 saturated heterocycles. The normalized spacial score (nSPS) is 16.0. The Labute approximate surface area is 74.2 Å². The van der Waals surface area contributed by atoms with Crippen LogP contribution < -0.4 is 11.5 Å². The highest BCUT2D eigenvalue weighted by Crippen LogP contribution is 1.91. The highest BCUT2D eigenvalue weighted by atomic mass is 16.5. The Balaban J connectivity index is 3.13. The molecular formula is C8H20N2O2. The van der Waals surface area contributed by atoms with Crippen molar-refractivity contribution in [2.75, 3.05) is 26.4 Å². The average molecular weight is 176 g/mol. The summed E-state index contributed by atoms with van der Waals surface area (Å²) in [5.74, 6) is 0. The summed E-state index contributed by atoms with van der Waals surface area (Å²) in [6.07, 6.45) is 0.104. The molecule has 74 valence electrons. The molecule has 0 aliphatic carbocycles. The molecule has 0 fully saturated rings. The lowest BCUT2D eigenvalue weighted by atomic mass is 10.4. The van der Waals surface area contributed by atoms with Gasteiger partial charge in [-0.25, -0.2) is 0 Å². The van der Waals surface area contributed by atoms with Crippen molar-refractivity contribution in [1.82, 2.24) is 0 Å². The van der Waals surface area contributed by atoms with Gasteiger partial charge in [0.1, 0.15) is 0 Å².